The SMILES string of the molecule is CC(C)(C)P(c1cc(-c2ccc(-c3cn[nH]c3)cc2)c(P(C(C)(C)C)C(C)(C)C)cc1-c1ccc(-c2cn[nH]c2)cc1)C(C)(C)C.COCc1cc(-c2ccc(-c3cn[nH]c3)cc2)c(COC)cc1-c1ccc(-c2cn[nH]c2)cc1.Cc1cccc(C)c1P(c1cc(-c2ccc(-c3cn[nH]c3)cc2)c(P(c2c(C)cccc2C)c2c(C)cccc2C)cc1-c1ccc(-c2cn[nH]c2)cc1)c1c(C)cccc1C. The van der Waals surface area contributed by atoms with Crippen LogP contribution in [0.2, 0.25) is 0 Å². The second-order valence-corrected chi connectivity index (χ2v) is 52.9. The highest BCUT2D eigenvalue weighted by Crippen LogP contribution is 2.63. The van der Waals surface area contributed by atoms with Gasteiger partial charge in [-0.2, -0.15) is 30.6 Å². The molecule has 0 amide bonds. The molecule has 0 fully saturated rings. The highest BCUT2D eigenvalue weighted by Gasteiger charge is 2.42. The summed E-state index contributed by atoms with van der Waals surface area (Å²) in [6, 6.07) is 95.8. The van der Waals surface area contributed by atoms with Crippen molar-refractivity contribution in [1.29, 1.82) is 0 Å². The fourth-order valence-electron chi connectivity index (χ4n) is 20.9. The molecule has 0 radical (unpaired) electrons. The number of hydrogen-bond acceptors (Lipinski definition) is 8. The zero-order valence-electron chi connectivity index (χ0n) is 85.9. The fourth-order valence-corrected chi connectivity index (χ4v) is 35.4. The molecule has 19 aromatic rings. The Balaban J connectivity index is 0.000000153. The van der Waals surface area contributed by atoms with E-state index in [2.05, 4.69) is 454 Å². The lowest BCUT2D eigenvalue weighted by atomic mass is 9.90. The minimum atomic E-state index is -1.05. The molecule has 0 spiro atoms. The van der Waals surface area contributed by atoms with E-state index in [1.54, 1.807) is 14.2 Å². The summed E-state index contributed by atoms with van der Waals surface area (Å²) in [7, 11) is 0.217. The van der Waals surface area contributed by atoms with Crippen molar-refractivity contribution in [3.63, 3.8) is 0 Å². The molecular weight excluding hydrogens is 1810 g/mol. The van der Waals surface area contributed by atoms with Crippen molar-refractivity contribution < 1.29 is 9.47 Å². The van der Waals surface area contributed by atoms with Crippen LogP contribution in [0.25, 0.3) is 134 Å². The standard InChI is InChI=1S/C56H52N4P2.C40H52N4P2.C28H26N4O2/c1-35-13-9-14-36(2)53(35)61(54-37(3)15-10-16-38(54)4)51-29-50(46-27-23-44(24-28-46)48-33-59-60-34-48)52(30-49(51)45-25-21-43(22-26-45)47-31-57-58-32-47)62(55-39(5)17-11-18-40(55)6)56-41(7)19-12-20-42(56)8;1-37(2,3)45(38(4,5)6)35-21-34(30-19-15-28(16-20-30)32-25-43-44-26-32)36(46(39(7,8)9)40(10,11)12)22-33(35)29-17-13-27(14-18-29)31-23-41-42-24-31;1-33-17-23-11-28(22-9-5-20(6-10-22)26-15-31-32-16-26)24(18-34-2)12-27(23)21-7-3-19(4-8-21)25-13-29-30-14-25/h9-34H,1-8H3,(H,57,58)(H,59,60);13-26H,1-12H3,(H,41,42)(H,43,44);3-16H,17-18H2,1-2H3,(H,29,30)(H,31,32). The number of rotatable bonds is 24. The molecule has 0 saturated carbocycles. The number of aryl methyl sites for hydroxylation is 8. The molecule has 13 aromatic carbocycles. The summed E-state index contributed by atoms with van der Waals surface area (Å²) in [4.78, 5) is 0. The Kier molecular flexibility index (Phi) is 30.3. The number of benzene rings is 13. The van der Waals surface area contributed by atoms with Crippen molar-refractivity contribution in [2.45, 2.75) is 172 Å². The van der Waals surface area contributed by atoms with E-state index in [0.717, 1.165) is 89.0 Å². The predicted molar refractivity (Wildman–Crippen MR) is 606 cm³/mol. The van der Waals surface area contributed by atoms with Crippen molar-refractivity contribution in [2.24, 2.45) is 0 Å². The smallest absolute Gasteiger partial charge is 0.0719 e. The molecular formula is C124H130N12O2P4. The molecule has 0 aliphatic rings. The number of methoxy groups -OCH3 is 2. The summed E-state index contributed by atoms with van der Waals surface area (Å²) in [5.41, 5.74) is 41.1. The highest BCUT2D eigenvalue weighted by molar-refractivity contribution is 7.81. The van der Waals surface area contributed by atoms with Crippen LogP contribution in [0.4, 0.5) is 0 Å². The first kappa shape index (κ1) is 100. The molecule has 0 aliphatic carbocycles. The van der Waals surface area contributed by atoms with E-state index in [1.807, 2.05) is 74.4 Å². The lowest BCUT2D eigenvalue weighted by molar-refractivity contribution is 0.183. The van der Waals surface area contributed by atoms with Crippen LogP contribution in [0.1, 0.15) is 139 Å². The Morgan fingerprint density at radius 1 is 0.211 bits per heavy atom. The lowest BCUT2D eigenvalue weighted by Gasteiger charge is -2.45. The number of hydrogen-bond donors (Lipinski definition) is 6. The van der Waals surface area contributed by atoms with Gasteiger partial charge in [0.05, 0.1) is 50.4 Å². The summed E-state index contributed by atoms with van der Waals surface area (Å²) in [5.74, 6) is 0. The summed E-state index contributed by atoms with van der Waals surface area (Å²) in [5, 5.41) is 54.5. The van der Waals surface area contributed by atoms with Crippen LogP contribution in [-0.2, 0) is 22.7 Å². The maximum atomic E-state index is 5.58. The van der Waals surface area contributed by atoms with E-state index in [-0.39, 0.29) is 20.6 Å². The monoisotopic (exact) mass is 1940 g/mol. The van der Waals surface area contributed by atoms with Gasteiger partial charge in [-0.25, -0.2) is 0 Å². The number of H-pyrrole nitrogens is 6. The van der Waals surface area contributed by atoms with Crippen LogP contribution in [0.3, 0.4) is 0 Å². The predicted octanol–water partition coefficient (Wildman–Crippen LogP) is 29.1. The van der Waals surface area contributed by atoms with Crippen LogP contribution in [-0.4, -0.2) is 96.0 Å². The molecule has 0 aliphatic heterocycles. The molecule has 6 N–H and O–H groups in total. The Morgan fingerprint density at radius 2 is 0.380 bits per heavy atom. The van der Waals surface area contributed by atoms with Crippen molar-refractivity contribution >= 4 is 74.1 Å². The van der Waals surface area contributed by atoms with Gasteiger partial charge in [0.15, 0.2) is 0 Å². The summed E-state index contributed by atoms with van der Waals surface area (Å²) < 4.78 is 11.2. The number of ether oxygens (including phenoxy) is 2. The Labute approximate surface area is 843 Å². The van der Waals surface area contributed by atoms with E-state index in [0.29, 0.717) is 13.2 Å². The van der Waals surface area contributed by atoms with Gasteiger partial charge in [0, 0.05) is 84.8 Å². The first-order valence-corrected chi connectivity index (χ1v) is 54.1. The van der Waals surface area contributed by atoms with Crippen LogP contribution in [0, 0.1) is 55.4 Å². The quantitative estimate of drug-likeness (QED) is 0.0322. The summed E-state index contributed by atoms with van der Waals surface area (Å²) >= 11 is 0. The highest BCUT2D eigenvalue weighted by atomic mass is 31.1. The van der Waals surface area contributed by atoms with Crippen LogP contribution in [0.5, 0.6) is 0 Å². The summed E-state index contributed by atoms with van der Waals surface area (Å²) in [6.07, 6.45) is 22.9. The molecule has 142 heavy (non-hydrogen) atoms. The second-order valence-electron chi connectivity index (χ2n) is 41.2. The van der Waals surface area contributed by atoms with Gasteiger partial charge < -0.3 is 9.47 Å². The van der Waals surface area contributed by atoms with Crippen molar-refractivity contribution in [3.05, 3.63) is 385 Å². The molecule has 718 valence electrons. The second kappa shape index (κ2) is 42.9. The van der Waals surface area contributed by atoms with Crippen LogP contribution in [0.15, 0.2) is 329 Å². The van der Waals surface area contributed by atoms with Gasteiger partial charge in [-0.05, 0) is 326 Å². The van der Waals surface area contributed by atoms with Gasteiger partial charge in [-0.15, -0.1) is 0 Å². The van der Waals surface area contributed by atoms with Crippen LogP contribution < -0.4 is 42.4 Å². The van der Waals surface area contributed by atoms with Crippen molar-refractivity contribution in [1.82, 2.24) is 61.2 Å². The number of nitrogens with one attached hydrogen (secondary N) is 6. The average molecular weight is 1940 g/mol. The summed E-state index contributed by atoms with van der Waals surface area (Å²) in [6.45, 7) is 48.6. The molecule has 19 rings (SSSR count). The van der Waals surface area contributed by atoms with Gasteiger partial charge >= 0.3 is 0 Å². The molecule has 6 heterocycles. The van der Waals surface area contributed by atoms with Crippen molar-refractivity contribution in [2.75, 3.05) is 14.2 Å². The minimum absolute atomic E-state index is 0.113. The average Bonchev–Trinajstić information content (AvgIpc) is 1.17. The van der Waals surface area contributed by atoms with Crippen molar-refractivity contribution in [3.8, 4) is 134 Å². The van der Waals surface area contributed by atoms with E-state index in [9.17, 15) is 0 Å². The number of aromatic amines is 6. The first-order chi connectivity index (χ1) is 68.2. The Hall–Kier alpha value is -13.2. The van der Waals surface area contributed by atoms with Gasteiger partial charge in [0.25, 0.3) is 0 Å². The molecule has 6 aromatic heterocycles. The Bertz CT molecular complexity index is 6840. The number of aromatic nitrogens is 12. The minimum Gasteiger partial charge on any atom is -0.380 e. The maximum absolute atomic E-state index is 5.58. The molecule has 18 heteroatoms. The van der Waals surface area contributed by atoms with E-state index in [4.69, 9.17) is 9.47 Å². The third kappa shape index (κ3) is 21.9. The molecule has 14 nitrogen and oxygen atoms in total. The van der Waals surface area contributed by atoms with Crippen LogP contribution >= 0.6 is 31.7 Å². The maximum Gasteiger partial charge on any atom is 0.0719 e. The zero-order valence-corrected chi connectivity index (χ0v) is 89.5. The molecule has 0 unspecified atom stereocenters. The van der Waals surface area contributed by atoms with E-state index < -0.39 is 31.7 Å². The molecule has 0 atom stereocenters. The topological polar surface area (TPSA) is 191 Å². The van der Waals surface area contributed by atoms with E-state index in [1.165, 1.54) is 143 Å². The zero-order chi connectivity index (χ0) is 100. The van der Waals surface area contributed by atoms with Gasteiger partial charge in [-0.1, -0.05) is 317 Å². The number of nitrogens with zero attached hydrogens (tertiary/aromatic N) is 6. The van der Waals surface area contributed by atoms with Gasteiger partial charge in [0.1, 0.15) is 0 Å². The van der Waals surface area contributed by atoms with Gasteiger partial charge in [-0.3, -0.25) is 30.6 Å². The third-order valence-corrected chi connectivity index (χ3v) is 40.0. The fraction of sp³-hybridized carbons (Fsp3) is 0.226. The van der Waals surface area contributed by atoms with Gasteiger partial charge in [0.2, 0.25) is 0 Å². The normalized spacial score (nSPS) is 12.0. The lowest BCUT2D eigenvalue weighted by Crippen LogP contribution is -2.35. The molecule has 0 bridgehead atoms. The first-order valence-electron chi connectivity index (χ1n) is 48.7. The molecule has 0 saturated heterocycles. The largest absolute Gasteiger partial charge is 0.380 e. The third-order valence-electron chi connectivity index (χ3n) is 26.6. The Morgan fingerprint density at radius 3 is 0.549 bits per heavy atom. The van der Waals surface area contributed by atoms with E-state index >= 15 is 0 Å².